The van der Waals surface area contributed by atoms with Crippen molar-refractivity contribution in [2.75, 3.05) is 13.1 Å². The van der Waals surface area contributed by atoms with Crippen LogP contribution in [0.25, 0.3) is 0 Å². The highest BCUT2D eigenvalue weighted by Crippen LogP contribution is 2.12. The van der Waals surface area contributed by atoms with E-state index in [0.717, 1.165) is 26.2 Å². The summed E-state index contributed by atoms with van der Waals surface area (Å²) in [5, 5.41) is 3.63. The summed E-state index contributed by atoms with van der Waals surface area (Å²) < 4.78 is 2.26. The fourth-order valence-electron chi connectivity index (χ4n) is 2.60. The van der Waals surface area contributed by atoms with Crippen molar-refractivity contribution in [3.05, 3.63) is 18.2 Å². The van der Waals surface area contributed by atoms with Crippen LogP contribution in [0.3, 0.4) is 0 Å². The Hall–Kier alpha value is -0.870. The Bertz CT molecular complexity index is 360. The third-order valence-electron chi connectivity index (χ3n) is 3.88. The van der Waals surface area contributed by atoms with E-state index >= 15 is 0 Å². The number of hydrogen-bond donors (Lipinski definition) is 1. The van der Waals surface area contributed by atoms with Gasteiger partial charge < -0.3 is 9.88 Å². The molecule has 0 saturated heterocycles. The third kappa shape index (κ3) is 3.33. The van der Waals surface area contributed by atoms with Crippen molar-refractivity contribution in [1.82, 2.24) is 19.8 Å². The second-order valence-electron chi connectivity index (χ2n) is 5.45. The summed E-state index contributed by atoms with van der Waals surface area (Å²) in [6.07, 6.45) is 6.50. The molecule has 4 heteroatoms. The van der Waals surface area contributed by atoms with Gasteiger partial charge in [-0.15, -0.1) is 0 Å². The molecule has 1 aliphatic heterocycles. The van der Waals surface area contributed by atoms with E-state index in [1.807, 2.05) is 6.20 Å². The molecule has 0 aliphatic carbocycles. The van der Waals surface area contributed by atoms with E-state index in [4.69, 9.17) is 0 Å². The van der Waals surface area contributed by atoms with Gasteiger partial charge in [0.05, 0.1) is 6.54 Å². The van der Waals surface area contributed by atoms with Crippen molar-refractivity contribution < 1.29 is 0 Å². The molecule has 102 valence electrons. The predicted molar refractivity (Wildman–Crippen MR) is 74.5 cm³/mol. The van der Waals surface area contributed by atoms with Crippen LogP contribution in [0.1, 0.15) is 39.4 Å². The van der Waals surface area contributed by atoms with Crippen LogP contribution in [0.5, 0.6) is 0 Å². The zero-order chi connectivity index (χ0) is 13.0. The zero-order valence-electron chi connectivity index (χ0n) is 11.9. The number of rotatable bonds is 6. The molecule has 0 spiro atoms. The lowest BCUT2D eigenvalue weighted by atomic mass is 10.1. The van der Waals surface area contributed by atoms with Crippen molar-refractivity contribution in [3.63, 3.8) is 0 Å². The average Bonchev–Trinajstić information content (AvgIpc) is 2.83. The predicted octanol–water partition coefficient (Wildman–Crippen LogP) is 1.87. The molecule has 4 nitrogen and oxygen atoms in total. The lowest BCUT2D eigenvalue weighted by molar-refractivity contribution is 0.157. The van der Waals surface area contributed by atoms with Gasteiger partial charge in [0.25, 0.3) is 0 Å². The molecule has 0 amide bonds. The van der Waals surface area contributed by atoms with Gasteiger partial charge in [-0.1, -0.05) is 13.3 Å². The Morgan fingerprint density at radius 1 is 1.39 bits per heavy atom. The Labute approximate surface area is 110 Å². The van der Waals surface area contributed by atoms with E-state index < -0.39 is 0 Å². The van der Waals surface area contributed by atoms with Gasteiger partial charge in [-0.3, -0.25) is 4.90 Å². The molecular weight excluding hydrogens is 224 g/mol. The Morgan fingerprint density at radius 3 is 3.00 bits per heavy atom. The molecule has 0 bridgehead atoms. The first-order valence-corrected chi connectivity index (χ1v) is 7.18. The van der Waals surface area contributed by atoms with Gasteiger partial charge in [-0.05, 0) is 20.3 Å². The van der Waals surface area contributed by atoms with Gasteiger partial charge in [0, 0.05) is 44.1 Å². The Morgan fingerprint density at radius 2 is 2.22 bits per heavy atom. The summed E-state index contributed by atoms with van der Waals surface area (Å²) in [7, 11) is 0. The smallest absolute Gasteiger partial charge is 0.122 e. The Balaban J connectivity index is 1.78. The molecule has 0 aromatic carbocycles. The van der Waals surface area contributed by atoms with Gasteiger partial charge >= 0.3 is 0 Å². The van der Waals surface area contributed by atoms with Crippen molar-refractivity contribution >= 4 is 0 Å². The highest BCUT2D eigenvalue weighted by Gasteiger charge is 2.21. The summed E-state index contributed by atoms with van der Waals surface area (Å²) in [4.78, 5) is 6.94. The highest BCUT2D eigenvalue weighted by atomic mass is 15.3. The third-order valence-corrected chi connectivity index (χ3v) is 3.88. The number of nitrogens with one attached hydrogen (secondary N) is 1. The molecule has 2 rings (SSSR count). The number of imidazole rings is 1. The minimum atomic E-state index is 0.578. The lowest BCUT2D eigenvalue weighted by Gasteiger charge is -2.33. The molecule has 1 N–H and O–H groups in total. The number of aromatic nitrogens is 2. The maximum atomic E-state index is 4.41. The van der Waals surface area contributed by atoms with Crippen LogP contribution < -0.4 is 5.32 Å². The SMILES string of the molecule is CCCC(C)NCC(C)N1CCn2ccnc2C1. The molecule has 0 saturated carbocycles. The van der Waals surface area contributed by atoms with Crippen LogP contribution in [0, 0.1) is 0 Å². The first-order chi connectivity index (χ1) is 8.70. The largest absolute Gasteiger partial charge is 0.333 e. The average molecular weight is 250 g/mol. The van der Waals surface area contributed by atoms with Crippen LogP contribution in [-0.2, 0) is 13.1 Å². The van der Waals surface area contributed by atoms with E-state index in [-0.39, 0.29) is 0 Å². The van der Waals surface area contributed by atoms with E-state index in [1.54, 1.807) is 0 Å². The minimum absolute atomic E-state index is 0.578. The zero-order valence-corrected chi connectivity index (χ0v) is 11.9. The number of nitrogens with zero attached hydrogens (tertiary/aromatic N) is 3. The lowest BCUT2D eigenvalue weighted by Crippen LogP contribution is -2.46. The van der Waals surface area contributed by atoms with Gasteiger partial charge in [-0.2, -0.15) is 0 Å². The molecule has 0 fully saturated rings. The van der Waals surface area contributed by atoms with Crippen LogP contribution >= 0.6 is 0 Å². The number of fused-ring (bicyclic) bond motifs is 1. The molecule has 1 aromatic rings. The quantitative estimate of drug-likeness (QED) is 0.836. The van der Waals surface area contributed by atoms with E-state index in [2.05, 4.69) is 46.7 Å². The van der Waals surface area contributed by atoms with Crippen molar-refractivity contribution in [2.24, 2.45) is 0 Å². The normalized spacial score (nSPS) is 19.5. The van der Waals surface area contributed by atoms with Crippen molar-refractivity contribution in [2.45, 2.75) is 58.8 Å². The van der Waals surface area contributed by atoms with E-state index in [0.29, 0.717) is 12.1 Å². The molecule has 0 radical (unpaired) electrons. The maximum Gasteiger partial charge on any atom is 0.122 e. The second kappa shape index (κ2) is 6.34. The highest BCUT2D eigenvalue weighted by molar-refractivity contribution is 4.96. The van der Waals surface area contributed by atoms with E-state index in [9.17, 15) is 0 Å². The van der Waals surface area contributed by atoms with Crippen molar-refractivity contribution in [3.8, 4) is 0 Å². The summed E-state index contributed by atoms with van der Waals surface area (Å²) >= 11 is 0. The first-order valence-electron chi connectivity index (χ1n) is 7.18. The fraction of sp³-hybridized carbons (Fsp3) is 0.786. The fourth-order valence-corrected chi connectivity index (χ4v) is 2.60. The molecule has 1 aliphatic rings. The monoisotopic (exact) mass is 250 g/mol. The molecule has 2 atom stereocenters. The molecule has 18 heavy (non-hydrogen) atoms. The van der Waals surface area contributed by atoms with Crippen LogP contribution in [0.4, 0.5) is 0 Å². The standard InChI is InChI=1S/C14H26N4/c1-4-5-12(2)16-10-13(3)18-9-8-17-7-6-15-14(17)11-18/h6-7,12-13,16H,4-5,8-11H2,1-3H3. The maximum absolute atomic E-state index is 4.41. The van der Waals surface area contributed by atoms with Crippen LogP contribution in [0.2, 0.25) is 0 Å². The van der Waals surface area contributed by atoms with Gasteiger partial charge in [0.2, 0.25) is 0 Å². The Kier molecular flexibility index (Phi) is 4.78. The summed E-state index contributed by atoms with van der Waals surface area (Å²) in [6, 6.07) is 1.21. The molecule has 2 heterocycles. The van der Waals surface area contributed by atoms with E-state index in [1.165, 1.54) is 18.7 Å². The second-order valence-corrected chi connectivity index (χ2v) is 5.45. The van der Waals surface area contributed by atoms with Crippen LogP contribution in [-0.4, -0.2) is 39.6 Å². The number of hydrogen-bond acceptors (Lipinski definition) is 3. The van der Waals surface area contributed by atoms with Crippen molar-refractivity contribution in [1.29, 1.82) is 0 Å². The molecule has 1 aromatic heterocycles. The van der Waals surface area contributed by atoms with Crippen LogP contribution in [0.15, 0.2) is 12.4 Å². The topological polar surface area (TPSA) is 33.1 Å². The summed E-state index contributed by atoms with van der Waals surface area (Å²) in [5.41, 5.74) is 0. The molecular formula is C14H26N4. The summed E-state index contributed by atoms with van der Waals surface area (Å²) in [6.45, 7) is 11.1. The van der Waals surface area contributed by atoms with Gasteiger partial charge in [0.1, 0.15) is 5.82 Å². The molecule has 2 unspecified atom stereocenters. The minimum Gasteiger partial charge on any atom is -0.333 e. The van der Waals surface area contributed by atoms with Gasteiger partial charge in [-0.25, -0.2) is 4.98 Å². The first kappa shape index (κ1) is 13.6. The van der Waals surface area contributed by atoms with Gasteiger partial charge in [0.15, 0.2) is 0 Å². The summed E-state index contributed by atoms with van der Waals surface area (Å²) in [5.74, 6) is 1.20.